The lowest BCUT2D eigenvalue weighted by molar-refractivity contribution is -0.117. The lowest BCUT2D eigenvalue weighted by atomic mass is 9.87. The number of hydrogen-bond acceptors (Lipinski definition) is 1. The van der Waals surface area contributed by atoms with Crippen molar-refractivity contribution < 1.29 is 4.79 Å². The van der Waals surface area contributed by atoms with Crippen LogP contribution in [0.25, 0.3) is 0 Å². The fraction of sp³-hybridized carbons (Fsp3) is 0.533. The molecule has 2 nitrogen and oxygen atoms in total. The van der Waals surface area contributed by atoms with Gasteiger partial charge in [0.05, 0.1) is 0 Å². The van der Waals surface area contributed by atoms with Crippen LogP contribution >= 0.6 is 0 Å². The van der Waals surface area contributed by atoms with Gasteiger partial charge in [-0.15, -0.1) is 0 Å². The molecule has 1 aromatic rings. The van der Waals surface area contributed by atoms with E-state index in [4.69, 9.17) is 0 Å². The van der Waals surface area contributed by atoms with Crippen molar-refractivity contribution in [3.8, 4) is 0 Å². The molecule has 0 spiro atoms. The third-order valence-electron chi connectivity index (χ3n) is 3.46. The Labute approximate surface area is 103 Å². The fourth-order valence-electron chi connectivity index (χ4n) is 1.98. The van der Waals surface area contributed by atoms with Gasteiger partial charge in [-0.25, -0.2) is 0 Å². The van der Waals surface area contributed by atoms with Crippen LogP contribution in [-0.2, 0) is 10.2 Å². The summed E-state index contributed by atoms with van der Waals surface area (Å²) in [6.45, 7) is 8.68. The number of carbonyl (C=O) groups is 1. The summed E-state index contributed by atoms with van der Waals surface area (Å²) < 4.78 is 0. The lowest BCUT2D eigenvalue weighted by Crippen LogP contribution is -2.15. The van der Waals surface area contributed by atoms with E-state index in [1.165, 1.54) is 5.56 Å². The number of nitrogens with one attached hydrogen (secondary N) is 1. The molecule has 1 saturated carbocycles. The first-order valence-electron chi connectivity index (χ1n) is 6.29. The molecule has 2 atom stereocenters. The molecular formula is C15H21NO. The van der Waals surface area contributed by atoms with Crippen molar-refractivity contribution in [1.29, 1.82) is 0 Å². The van der Waals surface area contributed by atoms with Gasteiger partial charge in [0.25, 0.3) is 0 Å². The van der Waals surface area contributed by atoms with E-state index >= 15 is 0 Å². The maximum Gasteiger partial charge on any atom is 0.227 e. The lowest BCUT2D eigenvalue weighted by Gasteiger charge is -2.19. The number of carbonyl (C=O) groups excluding carboxylic acids is 1. The second-order valence-corrected chi connectivity index (χ2v) is 6.14. The van der Waals surface area contributed by atoms with Gasteiger partial charge in [-0.2, -0.15) is 0 Å². The van der Waals surface area contributed by atoms with Crippen LogP contribution in [0.4, 0.5) is 5.69 Å². The van der Waals surface area contributed by atoms with Gasteiger partial charge in [0.15, 0.2) is 0 Å². The summed E-state index contributed by atoms with van der Waals surface area (Å²) in [5.74, 6) is 0.960. The SMILES string of the molecule is C[C@@H]1C[C@H]1C(=O)Nc1ccc(C(C)(C)C)cc1. The molecule has 2 rings (SSSR count). The summed E-state index contributed by atoms with van der Waals surface area (Å²) in [7, 11) is 0. The molecule has 0 aliphatic heterocycles. The quantitative estimate of drug-likeness (QED) is 0.828. The van der Waals surface area contributed by atoms with E-state index in [9.17, 15) is 4.79 Å². The van der Waals surface area contributed by atoms with E-state index < -0.39 is 0 Å². The normalized spacial score (nSPS) is 23.3. The van der Waals surface area contributed by atoms with Crippen molar-refractivity contribution in [2.24, 2.45) is 11.8 Å². The third kappa shape index (κ3) is 2.87. The molecule has 0 bridgehead atoms. The molecule has 0 heterocycles. The first-order chi connectivity index (χ1) is 7.88. The zero-order chi connectivity index (χ0) is 12.6. The van der Waals surface area contributed by atoms with Crippen LogP contribution in [0.1, 0.15) is 39.7 Å². The Morgan fingerprint density at radius 3 is 2.18 bits per heavy atom. The van der Waals surface area contributed by atoms with Crippen molar-refractivity contribution in [1.82, 2.24) is 0 Å². The van der Waals surface area contributed by atoms with Crippen LogP contribution in [0.15, 0.2) is 24.3 Å². The minimum absolute atomic E-state index is 0.160. The highest BCUT2D eigenvalue weighted by Crippen LogP contribution is 2.38. The van der Waals surface area contributed by atoms with Gasteiger partial charge in [0, 0.05) is 11.6 Å². The van der Waals surface area contributed by atoms with Gasteiger partial charge in [0.2, 0.25) is 5.91 Å². The van der Waals surface area contributed by atoms with Gasteiger partial charge in [-0.3, -0.25) is 4.79 Å². The van der Waals surface area contributed by atoms with Crippen molar-refractivity contribution in [3.63, 3.8) is 0 Å². The van der Waals surface area contributed by atoms with Gasteiger partial charge in [-0.05, 0) is 35.4 Å². The topological polar surface area (TPSA) is 29.1 Å². The predicted octanol–water partition coefficient (Wildman–Crippen LogP) is 3.58. The van der Waals surface area contributed by atoms with Crippen molar-refractivity contribution in [2.75, 3.05) is 5.32 Å². The zero-order valence-corrected chi connectivity index (χ0v) is 11.1. The number of hydrogen-bond donors (Lipinski definition) is 1. The summed E-state index contributed by atoms with van der Waals surface area (Å²) in [5, 5.41) is 2.97. The standard InChI is InChI=1S/C15H21NO/c1-10-9-13(10)14(17)16-12-7-5-11(6-8-12)15(2,3)4/h5-8,10,13H,9H2,1-4H3,(H,16,17)/t10-,13-/m1/s1. The van der Waals surface area contributed by atoms with Crippen LogP contribution in [0.5, 0.6) is 0 Å². The highest BCUT2D eigenvalue weighted by atomic mass is 16.2. The fourth-order valence-corrected chi connectivity index (χ4v) is 1.98. The molecule has 1 aliphatic carbocycles. The molecule has 92 valence electrons. The van der Waals surface area contributed by atoms with E-state index in [1.54, 1.807) is 0 Å². The zero-order valence-electron chi connectivity index (χ0n) is 11.1. The summed E-state index contributed by atoms with van der Waals surface area (Å²) in [4.78, 5) is 11.8. The van der Waals surface area contributed by atoms with E-state index in [2.05, 4.69) is 45.1 Å². The average Bonchev–Trinajstić information content (AvgIpc) is 2.95. The molecule has 2 heteroatoms. The second-order valence-electron chi connectivity index (χ2n) is 6.14. The van der Waals surface area contributed by atoms with E-state index in [0.29, 0.717) is 5.92 Å². The van der Waals surface area contributed by atoms with Crippen LogP contribution in [0.3, 0.4) is 0 Å². The van der Waals surface area contributed by atoms with Gasteiger partial charge in [0.1, 0.15) is 0 Å². The molecule has 17 heavy (non-hydrogen) atoms. The Kier molecular flexibility index (Phi) is 2.98. The Balaban J connectivity index is 2.01. The molecule has 0 radical (unpaired) electrons. The third-order valence-corrected chi connectivity index (χ3v) is 3.46. The number of benzene rings is 1. The summed E-state index contributed by atoms with van der Waals surface area (Å²) in [5.41, 5.74) is 2.35. The molecule has 0 saturated heterocycles. The molecule has 1 amide bonds. The molecular weight excluding hydrogens is 210 g/mol. The highest BCUT2D eigenvalue weighted by molar-refractivity contribution is 5.94. The second kappa shape index (κ2) is 4.17. The molecule has 0 aromatic heterocycles. The Bertz CT molecular complexity index is 414. The van der Waals surface area contributed by atoms with Gasteiger partial charge < -0.3 is 5.32 Å². The number of anilines is 1. The van der Waals surface area contributed by atoms with Crippen molar-refractivity contribution in [2.45, 2.75) is 39.5 Å². The molecule has 1 fully saturated rings. The minimum Gasteiger partial charge on any atom is -0.326 e. The Morgan fingerprint density at radius 2 is 1.76 bits per heavy atom. The maximum atomic E-state index is 11.8. The largest absolute Gasteiger partial charge is 0.326 e. The van der Waals surface area contributed by atoms with Crippen LogP contribution in [-0.4, -0.2) is 5.91 Å². The number of rotatable bonds is 2. The summed E-state index contributed by atoms with van der Waals surface area (Å²) in [6, 6.07) is 8.16. The average molecular weight is 231 g/mol. The Hall–Kier alpha value is -1.31. The molecule has 0 unspecified atom stereocenters. The van der Waals surface area contributed by atoms with E-state index in [0.717, 1.165) is 12.1 Å². The minimum atomic E-state index is 0.160. The van der Waals surface area contributed by atoms with E-state index in [-0.39, 0.29) is 17.2 Å². The first kappa shape index (κ1) is 12.2. The van der Waals surface area contributed by atoms with Crippen LogP contribution in [0, 0.1) is 11.8 Å². The number of amides is 1. The van der Waals surface area contributed by atoms with Crippen molar-refractivity contribution >= 4 is 11.6 Å². The monoisotopic (exact) mass is 231 g/mol. The molecule has 1 aliphatic rings. The maximum absolute atomic E-state index is 11.8. The summed E-state index contributed by atoms with van der Waals surface area (Å²) in [6.07, 6.45) is 1.03. The summed E-state index contributed by atoms with van der Waals surface area (Å²) >= 11 is 0. The smallest absolute Gasteiger partial charge is 0.227 e. The first-order valence-corrected chi connectivity index (χ1v) is 6.29. The van der Waals surface area contributed by atoms with Crippen LogP contribution < -0.4 is 5.32 Å². The van der Waals surface area contributed by atoms with Gasteiger partial charge >= 0.3 is 0 Å². The van der Waals surface area contributed by atoms with Crippen LogP contribution in [0.2, 0.25) is 0 Å². The predicted molar refractivity (Wildman–Crippen MR) is 71.0 cm³/mol. The van der Waals surface area contributed by atoms with E-state index in [1.807, 2.05) is 12.1 Å². The molecule has 1 aromatic carbocycles. The van der Waals surface area contributed by atoms with Gasteiger partial charge in [-0.1, -0.05) is 39.8 Å². The van der Waals surface area contributed by atoms with Crippen molar-refractivity contribution in [3.05, 3.63) is 29.8 Å². The Morgan fingerprint density at radius 1 is 1.24 bits per heavy atom. The highest BCUT2D eigenvalue weighted by Gasteiger charge is 2.39. The molecule has 1 N–H and O–H groups in total.